The van der Waals surface area contributed by atoms with E-state index in [0.29, 0.717) is 16.0 Å². The molecule has 3 rings (SSSR count). The number of nitrogens with zero attached hydrogens (tertiary/aromatic N) is 4. The highest BCUT2D eigenvalue weighted by molar-refractivity contribution is 6.08. The number of phenolic OH excluding ortho intramolecular Hbond substituents is 1. The number of aromatic nitrogens is 3. The molecule has 0 aliphatic heterocycles. The number of carbonyl (C=O) groups excluding carboxylic acids is 2. The number of hydrogen-bond acceptors (Lipinski definition) is 7. The van der Waals surface area contributed by atoms with Crippen molar-refractivity contribution in [2.45, 2.75) is 59.7 Å². The van der Waals surface area contributed by atoms with E-state index in [9.17, 15) is 19.1 Å². The zero-order chi connectivity index (χ0) is 24.7. The van der Waals surface area contributed by atoms with E-state index in [1.165, 1.54) is 16.8 Å². The Hall–Kier alpha value is -3.69. The number of carbonyl (C=O) groups is 2. The number of benzene rings is 1. The molecule has 0 unspecified atom stereocenters. The molecular weight excluding hydrogens is 431 g/mol. The third-order valence-corrected chi connectivity index (χ3v) is 4.31. The lowest BCUT2D eigenvalue weighted by atomic mass is 10.0. The van der Waals surface area contributed by atoms with E-state index in [2.05, 4.69) is 10.1 Å². The minimum absolute atomic E-state index is 0.168. The highest BCUT2D eigenvalue weighted by atomic mass is 19.1. The van der Waals surface area contributed by atoms with Crippen molar-refractivity contribution in [3.05, 3.63) is 41.8 Å². The van der Waals surface area contributed by atoms with Crippen molar-refractivity contribution in [1.29, 1.82) is 0 Å². The van der Waals surface area contributed by atoms with Gasteiger partial charge in [-0.2, -0.15) is 4.98 Å². The molecule has 0 aliphatic rings. The number of rotatable bonds is 2. The van der Waals surface area contributed by atoms with E-state index < -0.39 is 35.0 Å². The number of amides is 2. The fourth-order valence-corrected chi connectivity index (χ4v) is 2.87. The molecule has 0 atom stereocenters. The third kappa shape index (κ3) is 5.39. The Kier molecular flexibility index (Phi) is 6.06. The van der Waals surface area contributed by atoms with Crippen LogP contribution in [0.25, 0.3) is 16.8 Å². The van der Waals surface area contributed by atoms with Crippen molar-refractivity contribution < 1.29 is 28.6 Å². The Morgan fingerprint density at radius 3 is 2.15 bits per heavy atom. The fourth-order valence-electron chi connectivity index (χ4n) is 2.87. The topological polar surface area (TPSA) is 106 Å². The Balaban J connectivity index is 2.06. The van der Waals surface area contributed by atoms with Crippen molar-refractivity contribution in [3.8, 4) is 16.9 Å². The standard InChI is InChI=1S/C23H27FN4O5/c1-13-8-9-15(17(24)18(13)29)14-10-11-27-16(12-14)25-19(26-27)28(20(30)32-22(2,3)4)21(31)33-23(5,6)7/h8-12,29H,1-7H3. The highest BCUT2D eigenvalue weighted by Gasteiger charge is 2.35. The molecule has 2 aromatic heterocycles. The normalized spacial score (nSPS) is 12.0. The molecule has 0 saturated heterocycles. The Bertz CT molecular complexity index is 1200. The molecule has 0 bridgehead atoms. The van der Waals surface area contributed by atoms with Crippen LogP contribution in [0, 0.1) is 12.7 Å². The number of ether oxygens (including phenoxy) is 2. The lowest BCUT2D eigenvalue weighted by molar-refractivity contribution is 0.0427. The van der Waals surface area contributed by atoms with E-state index in [1.807, 2.05) is 0 Å². The molecule has 0 spiro atoms. The van der Waals surface area contributed by atoms with Gasteiger partial charge in [0.2, 0.25) is 0 Å². The second-order valence-corrected chi connectivity index (χ2v) is 9.52. The van der Waals surface area contributed by atoms with E-state index in [4.69, 9.17) is 9.47 Å². The Morgan fingerprint density at radius 1 is 1.03 bits per heavy atom. The zero-order valence-electron chi connectivity index (χ0n) is 19.6. The molecule has 9 nitrogen and oxygen atoms in total. The van der Waals surface area contributed by atoms with Gasteiger partial charge in [-0.15, -0.1) is 10.00 Å². The SMILES string of the molecule is Cc1ccc(-c2ccn3nc(N(C(=O)OC(C)(C)C)C(=O)OC(C)(C)C)nc3c2)c(F)c1O. The van der Waals surface area contributed by atoms with Gasteiger partial charge in [0.1, 0.15) is 11.2 Å². The van der Waals surface area contributed by atoms with Crippen molar-refractivity contribution >= 4 is 23.8 Å². The van der Waals surface area contributed by atoms with Gasteiger partial charge in [-0.1, -0.05) is 12.1 Å². The van der Waals surface area contributed by atoms with Gasteiger partial charge in [-0.05, 0) is 71.7 Å². The summed E-state index contributed by atoms with van der Waals surface area (Å²) in [7, 11) is 0. The van der Waals surface area contributed by atoms with E-state index >= 15 is 0 Å². The largest absolute Gasteiger partial charge is 0.505 e. The summed E-state index contributed by atoms with van der Waals surface area (Å²) in [5, 5.41) is 14.1. The number of imide groups is 1. The van der Waals surface area contributed by atoms with E-state index in [0.717, 1.165) is 0 Å². The van der Waals surface area contributed by atoms with Gasteiger partial charge >= 0.3 is 12.2 Å². The summed E-state index contributed by atoms with van der Waals surface area (Å²) in [6, 6.07) is 6.23. The first-order chi connectivity index (χ1) is 15.2. The number of halogens is 1. The lowest BCUT2D eigenvalue weighted by Gasteiger charge is -2.26. The monoisotopic (exact) mass is 458 g/mol. The van der Waals surface area contributed by atoms with Crippen molar-refractivity contribution in [2.75, 3.05) is 4.90 Å². The van der Waals surface area contributed by atoms with Gasteiger partial charge in [0, 0.05) is 11.8 Å². The summed E-state index contributed by atoms with van der Waals surface area (Å²) in [5.74, 6) is -1.46. The Morgan fingerprint density at radius 2 is 1.61 bits per heavy atom. The van der Waals surface area contributed by atoms with E-state index in [-0.39, 0.29) is 17.2 Å². The van der Waals surface area contributed by atoms with Crippen LogP contribution in [-0.4, -0.2) is 43.1 Å². The number of pyridine rings is 1. The number of fused-ring (bicyclic) bond motifs is 1. The first kappa shape index (κ1) is 24.0. The maximum absolute atomic E-state index is 14.6. The number of aryl methyl sites for hydroxylation is 1. The Labute approximate surface area is 190 Å². The molecule has 2 amide bonds. The van der Waals surface area contributed by atoms with Gasteiger partial charge in [-0.25, -0.2) is 18.5 Å². The molecule has 176 valence electrons. The van der Waals surface area contributed by atoms with Crippen LogP contribution in [0.3, 0.4) is 0 Å². The van der Waals surface area contributed by atoms with Crippen molar-refractivity contribution in [1.82, 2.24) is 14.6 Å². The summed E-state index contributed by atoms with van der Waals surface area (Å²) >= 11 is 0. The first-order valence-corrected chi connectivity index (χ1v) is 10.3. The number of aromatic hydroxyl groups is 1. The molecule has 0 fully saturated rings. The lowest BCUT2D eigenvalue weighted by Crippen LogP contribution is -2.44. The number of phenols is 1. The maximum atomic E-state index is 14.6. The summed E-state index contributed by atoms with van der Waals surface area (Å²) in [5.41, 5.74) is -0.522. The molecule has 1 aromatic carbocycles. The molecule has 0 saturated carbocycles. The van der Waals surface area contributed by atoms with Crippen LogP contribution in [0.1, 0.15) is 47.1 Å². The van der Waals surface area contributed by atoms with Crippen LogP contribution < -0.4 is 4.90 Å². The molecule has 0 radical (unpaired) electrons. The molecule has 2 heterocycles. The predicted molar refractivity (Wildman–Crippen MR) is 120 cm³/mol. The van der Waals surface area contributed by atoms with Gasteiger partial charge in [0.25, 0.3) is 5.95 Å². The second-order valence-electron chi connectivity index (χ2n) is 9.52. The first-order valence-electron chi connectivity index (χ1n) is 10.3. The summed E-state index contributed by atoms with van der Waals surface area (Å²) in [6.45, 7) is 11.6. The molecule has 10 heteroatoms. The molecule has 33 heavy (non-hydrogen) atoms. The summed E-state index contributed by atoms with van der Waals surface area (Å²) < 4.78 is 26.6. The predicted octanol–water partition coefficient (Wildman–Crippen LogP) is 5.23. The van der Waals surface area contributed by atoms with Crippen molar-refractivity contribution in [3.63, 3.8) is 0 Å². The number of anilines is 1. The van der Waals surface area contributed by atoms with Crippen LogP contribution >= 0.6 is 0 Å². The summed E-state index contributed by atoms with van der Waals surface area (Å²) in [6.07, 6.45) is -0.496. The van der Waals surface area contributed by atoms with Crippen LogP contribution in [0.4, 0.5) is 19.9 Å². The van der Waals surface area contributed by atoms with Crippen LogP contribution in [0.2, 0.25) is 0 Å². The second kappa shape index (κ2) is 8.34. The number of hydrogen-bond donors (Lipinski definition) is 1. The zero-order valence-corrected chi connectivity index (χ0v) is 19.6. The van der Waals surface area contributed by atoms with Crippen LogP contribution in [0.5, 0.6) is 5.75 Å². The smallest absolute Gasteiger partial charge is 0.427 e. The minimum Gasteiger partial charge on any atom is -0.505 e. The van der Waals surface area contributed by atoms with Gasteiger partial charge in [0.15, 0.2) is 17.2 Å². The molecule has 3 aromatic rings. The quantitative estimate of drug-likeness (QED) is 0.561. The highest BCUT2D eigenvalue weighted by Crippen LogP contribution is 2.31. The third-order valence-electron chi connectivity index (χ3n) is 4.31. The average molecular weight is 458 g/mol. The fraction of sp³-hybridized carbons (Fsp3) is 0.391. The maximum Gasteiger partial charge on any atom is 0.427 e. The van der Waals surface area contributed by atoms with E-state index in [1.54, 1.807) is 66.7 Å². The van der Waals surface area contributed by atoms with Gasteiger partial charge in [-0.3, -0.25) is 0 Å². The minimum atomic E-state index is -0.998. The molecular formula is C23H27FN4O5. The van der Waals surface area contributed by atoms with Crippen LogP contribution in [0.15, 0.2) is 30.5 Å². The van der Waals surface area contributed by atoms with Gasteiger partial charge in [0.05, 0.1) is 0 Å². The molecule has 1 N–H and O–H groups in total. The summed E-state index contributed by atoms with van der Waals surface area (Å²) in [4.78, 5) is 30.5. The average Bonchev–Trinajstić information content (AvgIpc) is 3.05. The van der Waals surface area contributed by atoms with Crippen molar-refractivity contribution in [2.24, 2.45) is 0 Å². The molecule has 0 aliphatic carbocycles. The van der Waals surface area contributed by atoms with Gasteiger partial charge < -0.3 is 14.6 Å². The van der Waals surface area contributed by atoms with Crippen LogP contribution in [-0.2, 0) is 9.47 Å².